The predicted octanol–water partition coefficient (Wildman–Crippen LogP) is 3.91. The number of hydrogen-bond donors (Lipinski definition) is 1. The number of nitriles is 1. The van der Waals surface area contributed by atoms with Gasteiger partial charge >= 0.3 is 0 Å². The molecule has 2 amide bonds. The number of carbonyl (C=O) groups excluding carboxylic acids is 2. The van der Waals surface area contributed by atoms with E-state index in [1.165, 1.54) is 12.0 Å². The van der Waals surface area contributed by atoms with Crippen LogP contribution in [0.3, 0.4) is 0 Å². The van der Waals surface area contributed by atoms with Gasteiger partial charge in [-0.3, -0.25) is 14.5 Å². The minimum Gasteiger partial charge on any atom is -0.497 e. The lowest BCUT2D eigenvalue weighted by Gasteiger charge is -2.19. The molecule has 0 radical (unpaired) electrons. The molecule has 3 rings (SSSR count). The number of hydrogen-bond acceptors (Lipinski definition) is 5. The summed E-state index contributed by atoms with van der Waals surface area (Å²) in [4.78, 5) is 26.4. The second-order valence-electron chi connectivity index (χ2n) is 6.08. The highest BCUT2D eigenvalue weighted by Crippen LogP contribution is 2.43. The molecule has 1 heterocycles. The zero-order valence-electron chi connectivity index (χ0n) is 15.2. The van der Waals surface area contributed by atoms with Crippen LogP contribution in [-0.2, 0) is 16.0 Å². The Kier molecular flexibility index (Phi) is 6.38. The summed E-state index contributed by atoms with van der Waals surface area (Å²) < 4.78 is 5.22. The van der Waals surface area contributed by atoms with E-state index in [4.69, 9.17) is 33.7 Å². The monoisotopic (exact) mass is 447 g/mol. The number of benzene rings is 2. The molecule has 0 bridgehead atoms. The lowest BCUT2D eigenvalue weighted by molar-refractivity contribution is -0.117. The van der Waals surface area contributed by atoms with Crippen molar-refractivity contribution in [3.8, 4) is 11.8 Å². The summed E-state index contributed by atoms with van der Waals surface area (Å²) in [5, 5.41) is 9.98. The van der Waals surface area contributed by atoms with Gasteiger partial charge in [0.15, 0.2) is 0 Å². The van der Waals surface area contributed by atoms with E-state index in [1.807, 2.05) is 6.07 Å². The normalized spacial score (nSPS) is 17.8. The van der Waals surface area contributed by atoms with Crippen LogP contribution in [0.2, 0.25) is 10.0 Å². The van der Waals surface area contributed by atoms with Crippen LogP contribution in [0.25, 0.3) is 0 Å². The average molecular weight is 448 g/mol. The maximum absolute atomic E-state index is 13.3. The highest BCUT2D eigenvalue weighted by molar-refractivity contribution is 8.05. The summed E-state index contributed by atoms with van der Waals surface area (Å²) in [5.74, 6) is -0.681. The number of nitrogens with two attached hydrogens (primary N) is 1. The maximum Gasteiger partial charge on any atom is 0.262 e. The van der Waals surface area contributed by atoms with Crippen molar-refractivity contribution in [3.05, 3.63) is 68.7 Å². The van der Waals surface area contributed by atoms with E-state index in [0.717, 1.165) is 11.8 Å². The molecule has 1 aliphatic heterocycles. The predicted molar refractivity (Wildman–Crippen MR) is 114 cm³/mol. The Morgan fingerprint density at radius 2 is 2.07 bits per heavy atom. The number of nitrogens with zero attached hydrogens (tertiary/aromatic N) is 2. The van der Waals surface area contributed by atoms with Gasteiger partial charge < -0.3 is 10.5 Å². The highest BCUT2D eigenvalue weighted by Gasteiger charge is 2.40. The Labute approximate surface area is 181 Å². The minimum absolute atomic E-state index is 0.182. The molecular formula is C20H15Cl2N3O3S. The van der Waals surface area contributed by atoms with Crippen LogP contribution in [0.15, 0.2) is 53.1 Å². The maximum atomic E-state index is 13.3. The van der Waals surface area contributed by atoms with Gasteiger partial charge in [0, 0.05) is 16.1 Å². The third kappa shape index (κ3) is 4.35. The van der Waals surface area contributed by atoms with Crippen molar-refractivity contribution in [2.75, 3.05) is 12.0 Å². The first kappa shape index (κ1) is 21.1. The van der Waals surface area contributed by atoms with Crippen molar-refractivity contribution in [1.82, 2.24) is 0 Å². The van der Waals surface area contributed by atoms with Crippen LogP contribution >= 0.6 is 35.0 Å². The molecule has 1 aliphatic rings. The summed E-state index contributed by atoms with van der Waals surface area (Å²) in [6, 6.07) is 13.6. The number of halogens is 2. The van der Waals surface area contributed by atoms with Crippen molar-refractivity contribution < 1.29 is 14.3 Å². The molecule has 0 aromatic heterocycles. The second-order valence-corrected chi connectivity index (χ2v) is 8.11. The van der Waals surface area contributed by atoms with Crippen LogP contribution in [0, 0.1) is 11.3 Å². The molecule has 0 spiro atoms. The molecule has 2 aromatic carbocycles. The van der Waals surface area contributed by atoms with E-state index in [9.17, 15) is 14.9 Å². The lowest BCUT2D eigenvalue weighted by atomic mass is 10.1. The largest absolute Gasteiger partial charge is 0.497 e. The van der Waals surface area contributed by atoms with Gasteiger partial charge in [0.25, 0.3) is 5.91 Å². The standard InChI is InChI=1S/C20H15Cl2N3O3S/c1-28-14-4-2-3-13(9-14)25-19(27)17(29-20(25)15(10-23)18(24)26)8-11-7-12(21)5-6-16(11)22/h2-7,9,17H,8H2,1H3,(H2,24,26)/b20-15-/t17-/m0/s1. The summed E-state index contributed by atoms with van der Waals surface area (Å²) in [5.41, 5.74) is 6.24. The smallest absolute Gasteiger partial charge is 0.262 e. The van der Waals surface area contributed by atoms with Gasteiger partial charge in [0.2, 0.25) is 5.91 Å². The number of methoxy groups -OCH3 is 1. The van der Waals surface area contributed by atoms with Gasteiger partial charge in [-0.1, -0.05) is 41.0 Å². The molecule has 148 valence electrons. The molecule has 2 N–H and O–H groups in total. The fourth-order valence-electron chi connectivity index (χ4n) is 2.88. The van der Waals surface area contributed by atoms with E-state index in [-0.39, 0.29) is 22.9 Å². The molecule has 1 fully saturated rings. The van der Waals surface area contributed by atoms with E-state index in [0.29, 0.717) is 27.0 Å². The van der Waals surface area contributed by atoms with E-state index in [1.54, 1.807) is 42.5 Å². The number of ether oxygens (including phenoxy) is 1. The Morgan fingerprint density at radius 3 is 2.72 bits per heavy atom. The molecular weight excluding hydrogens is 433 g/mol. The highest BCUT2D eigenvalue weighted by atomic mass is 35.5. The first-order valence-corrected chi connectivity index (χ1v) is 10.0. The van der Waals surface area contributed by atoms with Gasteiger partial charge in [-0.15, -0.1) is 0 Å². The van der Waals surface area contributed by atoms with Gasteiger partial charge in [-0.05, 0) is 42.3 Å². The van der Waals surface area contributed by atoms with Crippen LogP contribution in [0.1, 0.15) is 5.56 Å². The third-order valence-corrected chi connectivity index (χ3v) is 6.12. The number of primary amides is 1. The van der Waals surface area contributed by atoms with Gasteiger partial charge in [0.05, 0.1) is 18.0 Å². The van der Waals surface area contributed by atoms with Crippen molar-refractivity contribution in [3.63, 3.8) is 0 Å². The van der Waals surface area contributed by atoms with Gasteiger partial charge in [-0.2, -0.15) is 5.26 Å². The van der Waals surface area contributed by atoms with Gasteiger partial charge in [0.1, 0.15) is 22.4 Å². The number of rotatable bonds is 5. The Bertz CT molecular complexity index is 1070. The number of carbonyl (C=O) groups is 2. The molecule has 9 heteroatoms. The van der Waals surface area contributed by atoms with Crippen molar-refractivity contribution in [2.45, 2.75) is 11.7 Å². The second kappa shape index (κ2) is 8.78. The molecule has 2 aromatic rings. The molecule has 0 aliphatic carbocycles. The van der Waals surface area contributed by atoms with Crippen LogP contribution in [0.5, 0.6) is 5.75 Å². The van der Waals surface area contributed by atoms with Crippen molar-refractivity contribution in [1.29, 1.82) is 5.26 Å². The number of thioether (sulfide) groups is 1. The van der Waals surface area contributed by atoms with Crippen LogP contribution in [0.4, 0.5) is 5.69 Å². The SMILES string of the molecule is COc1cccc(N2C(=O)[C@H](Cc3cc(Cl)ccc3Cl)S/C2=C(/C#N)C(N)=O)c1. The first-order valence-electron chi connectivity index (χ1n) is 8.38. The Hall–Kier alpha value is -2.66. The zero-order chi connectivity index (χ0) is 21.1. The molecule has 6 nitrogen and oxygen atoms in total. The topological polar surface area (TPSA) is 96.4 Å². The zero-order valence-corrected chi connectivity index (χ0v) is 17.5. The molecule has 0 unspecified atom stereocenters. The lowest BCUT2D eigenvalue weighted by Crippen LogP contribution is -2.31. The van der Waals surface area contributed by atoms with Crippen molar-refractivity contribution >= 4 is 52.5 Å². The van der Waals surface area contributed by atoms with Gasteiger partial charge in [-0.25, -0.2) is 0 Å². The fourth-order valence-corrected chi connectivity index (χ4v) is 4.58. The summed E-state index contributed by atoms with van der Waals surface area (Å²) in [7, 11) is 1.50. The van der Waals surface area contributed by atoms with E-state index >= 15 is 0 Å². The molecule has 1 atom stereocenters. The summed E-state index contributed by atoms with van der Waals surface area (Å²) >= 11 is 13.4. The Morgan fingerprint density at radius 1 is 1.31 bits per heavy atom. The Balaban J connectivity index is 2.07. The number of anilines is 1. The average Bonchev–Trinajstić information content (AvgIpc) is 3.01. The number of amides is 2. The van der Waals surface area contributed by atoms with Crippen LogP contribution in [-0.4, -0.2) is 24.2 Å². The quantitative estimate of drug-likeness (QED) is 0.553. The molecule has 0 saturated carbocycles. The molecule has 29 heavy (non-hydrogen) atoms. The fraction of sp³-hybridized carbons (Fsp3) is 0.150. The first-order chi connectivity index (χ1) is 13.8. The van der Waals surface area contributed by atoms with E-state index in [2.05, 4.69) is 0 Å². The van der Waals surface area contributed by atoms with Crippen LogP contribution < -0.4 is 15.4 Å². The third-order valence-electron chi connectivity index (χ3n) is 4.25. The molecule has 1 saturated heterocycles. The summed E-state index contributed by atoms with van der Waals surface area (Å²) in [6.07, 6.45) is 0.268. The minimum atomic E-state index is -0.905. The summed E-state index contributed by atoms with van der Waals surface area (Å²) in [6.45, 7) is 0. The van der Waals surface area contributed by atoms with Crippen molar-refractivity contribution in [2.24, 2.45) is 5.73 Å². The van der Waals surface area contributed by atoms with E-state index < -0.39 is 11.2 Å².